The van der Waals surface area contributed by atoms with Crippen molar-refractivity contribution in [1.29, 1.82) is 0 Å². The number of nitrogens with zero attached hydrogens (tertiary/aromatic N) is 1. The fourth-order valence-corrected chi connectivity index (χ4v) is 4.50. The number of hydrogen-bond donors (Lipinski definition) is 3. The van der Waals surface area contributed by atoms with Gasteiger partial charge in [-0.2, -0.15) is 0 Å². The molecule has 2 amide bonds. The minimum absolute atomic E-state index is 0.0526. The summed E-state index contributed by atoms with van der Waals surface area (Å²) in [6.07, 6.45) is 0. The number of aliphatic imine (C=N–C) groups is 1. The van der Waals surface area contributed by atoms with Crippen LogP contribution in [0.1, 0.15) is 19.4 Å². The molecule has 2 aromatic carbocycles. The second-order valence-electron chi connectivity index (χ2n) is 7.31. The van der Waals surface area contributed by atoms with Crippen molar-refractivity contribution >= 4 is 39.0 Å². The zero-order valence-electron chi connectivity index (χ0n) is 16.3. The van der Waals surface area contributed by atoms with Crippen LogP contribution in [0.5, 0.6) is 5.75 Å². The maximum atomic E-state index is 12.9. The maximum absolute atomic E-state index is 12.9. The fraction of sp³-hybridized carbons (Fsp3) is 0.250. The summed E-state index contributed by atoms with van der Waals surface area (Å²) < 4.78 is 32.3. The maximum Gasteiger partial charge on any atom is 0.263 e. The van der Waals surface area contributed by atoms with Crippen molar-refractivity contribution in [3.63, 3.8) is 0 Å². The molecule has 2 aliphatic heterocycles. The molecule has 156 valence electrons. The topological polar surface area (TPSA) is 126 Å². The summed E-state index contributed by atoms with van der Waals surface area (Å²) >= 11 is 0. The van der Waals surface area contributed by atoms with E-state index >= 15 is 0 Å². The fourth-order valence-electron chi connectivity index (χ4n) is 3.26. The van der Waals surface area contributed by atoms with Crippen molar-refractivity contribution in [3.05, 3.63) is 48.0 Å². The molecule has 0 aromatic heterocycles. The van der Waals surface area contributed by atoms with Crippen molar-refractivity contribution in [2.24, 2.45) is 10.9 Å². The summed E-state index contributed by atoms with van der Waals surface area (Å²) in [7, 11) is -3.69. The second-order valence-corrected chi connectivity index (χ2v) is 8.96. The number of amidine groups is 1. The standard InChI is InChI=1S/C20H20N4O5S/c1-11(2)18(23-19-13-5-3-4-6-16(13)30(27,28)24-19)20(26)21-12-7-8-15-14(9-12)22-17(25)10-29-15/h3-9,11,18H,10H2,1-2H3,(H,21,26)(H,22,25)(H,23,24)/t18-/m0/s1. The van der Waals surface area contributed by atoms with E-state index < -0.39 is 22.0 Å². The lowest BCUT2D eigenvalue weighted by molar-refractivity contribution is -0.119. The zero-order chi connectivity index (χ0) is 21.5. The molecule has 30 heavy (non-hydrogen) atoms. The Kier molecular flexibility index (Phi) is 4.94. The molecule has 0 aliphatic carbocycles. The quantitative estimate of drug-likeness (QED) is 0.684. The van der Waals surface area contributed by atoms with Gasteiger partial charge < -0.3 is 15.4 Å². The molecule has 2 aliphatic rings. The highest BCUT2D eigenvalue weighted by Gasteiger charge is 2.32. The third-order valence-corrected chi connectivity index (χ3v) is 6.11. The number of benzene rings is 2. The van der Waals surface area contributed by atoms with Crippen LogP contribution < -0.4 is 20.1 Å². The van der Waals surface area contributed by atoms with Gasteiger partial charge in [0, 0.05) is 11.3 Å². The molecule has 0 saturated carbocycles. The zero-order valence-corrected chi connectivity index (χ0v) is 17.1. The van der Waals surface area contributed by atoms with Gasteiger partial charge >= 0.3 is 0 Å². The van der Waals surface area contributed by atoms with E-state index in [9.17, 15) is 18.0 Å². The number of rotatable bonds is 4. The molecule has 2 aromatic rings. The summed E-state index contributed by atoms with van der Waals surface area (Å²) in [4.78, 5) is 29.0. The number of sulfonamides is 1. The highest BCUT2D eigenvalue weighted by molar-refractivity contribution is 7.90. The van der Waals surface area contributed by atoms with Crippen molar-refractivity contribution in [2.75, 3.05) is 17.2 Å². The normalized spacial score (nSPS) is 18.6. The van der Waals surface area contributed by atoms with Crippen LogP contribution in [-0.2, 0) is 19.6 Å². The highest BCUT2D eigenvalue weighted by atomic mass is 32.2. The summed E-state index contributed by atoms with van der Waals surface area (Å²) in [5.74, 6) is -0.208. The van der Waals surface area contributed by atoms with E-state index in [1.807, 2.05) is 13.8 Å². The van der Waals surface area contributed by atoms with Crippen LogP contribution in [-0.4, -0.2) is 38.7 Å². The summed E-state index contributed by atoms with van der Waals surface area (Å²) in [5.41, 5.74) is 1.36. The van der Waals surface area contributed by atoms with Crippen molar-refractivity contribution < 1.29 is 22.7 Å². The predicted octanol–water partition coefficient (Wildman–Crippen LogP) is 1.72. The van der Waals surface area contributed by atoms with Crippen LogP contribution in [0.2, 0.25) is 0 Å². The number of anilines is 2. The van der Waals surface area contributed by atoms with Crippen LogP contribution in [0.25, 0.3) is 0 Å². The Morgan fingerprint density at radius 2 is 1.97 bits per heavy atom. The first-order valence-electron chi connectivity index (χ1n) is 9.32. The van der Waals surface area contributed by atoms with Gasteiger partial charge in [-0.05, 0) is 36.2 Å². The van der Waals surface area contributed by atoms with E-state index in [1.54, 1.807) is 36.4 Å². The molecular formula is C20H20N4O5S. The van der Waals surface area contributed by atoms with E-state index in [4.69, 9.17) is 4.74 Å². The van der Waals surface area contributed by atoms with E-state index in [2.05, 4.69) is 20.3 Å². The molecule has 1 atom stereocenters. The Bertz CT molecular complexity index is 1170. The van der Waals surface area contributed by atoms with Crippen LogP contribution in [0.4, 0.5) is 11.4 Å². The molecule has 9 nitrogen and oxygen atoms in total. The van der Waals surface area contributed by atoms with Crippen LogP contribution >= 0.6 is 0 Å². The van der Waals surface area contributed by atoms with Crippen LogP contribution in [0.3, 0.4) is 0 Å². The van der Waals surface area contributed by atoms with Gasteiger partial charge in [0.05, 0.1) is 10.6 Å². The molecule has 0 saturated heterocycles. The van der Waals surface area contributed by atoms with Gasteiger partial charge in [-0.25, -0.2) is 8.42 Å². The van der Waals surface area contributed by atoms with Crippen molar-refractivity contribution in [3.8, 4) is 5.75 Å². The van der Waals surface area contributed by atoms with Gasteiger partial charge in [0.25, 0.3) is 15.9 Å². The molecule has 4 rings (SSSR count). The number of carbonyl (C=O) groups is 2. The Hall–Kier alpha value is -3.40. The van der Waals surface area contributed by atoms with Crippen LogP contribution in [0, 0.1) is 5.92 Å². The molecule has 0 spiro atoms. The number of carbonyl (C=O) groups excluding carboxylic acids is 2. The molecule has 3 N–H and O–H groups in total. The Labute approximate surface area is 173 Å². The Morgan fingerprint density at radius 3 is 2.73 bits per heavy atom. The van der Waals surface area contributed by atoms with Crippen LogP contribution in [0.15, 0.2) is 52.4 Å². The Morgan fingerprint density at radius 1 is 1.20 bits per heavy atom. The van der Waals surface area contributed by atoms with Gasteiger partial charge in [-0.15, -0.1) is 0 Å². The monoisotopic (exact) mass is 428 g/mol. The van der Waals surface area contributed by atoms with Gasteiger partial charge in [-0.3, -0.25) is 19.3 Å². The van der Waals surface area contributed by atoms with Gasteiger partial charge in [0.2, 0.25) is 5.91 Å². The summed E-state index contributed by atoms with van der Waals surface area (Å²) in [5, 5.41) is 5.46. The lowest BCUT2D eigenvalue weighted by atomic mass is 10.0. The average Bonchev–Trinajstić information content (AvgIpc) is 2.96. The molecule has 0 bridgehead atoms. The van der Waals surface area contributed by atoms with E-state index in [1.165, 1.54) is 6.07 Å². The van der Waals surface area contributed by atoms with E-state index in [-0.39, 0.29) is 29.2 Å². The smallest absolute Gasteiger partial charge is 0.263 e. The predicted molar refractivity (Wildman–Crippen MR) is 111 cm³/mol. The van der Waals surface area contributed by atoms with E-state index in [0.717, 1.165) is 0 Å². The summed E-state index contributed by atoms with van der Waals surface area (Å²) in [6, 6.07) is 10.6. The SMILES string of the molecule is CC(C)[C@H](N=C1NS(=O)(=O)c2ccccc21)C(=O)Nc1ccc2c(c1)NC(=O)CO2. The third kappa shape index (κ3) is 3.73. The first-order valence-corrected chi connectivity index (χ1v) is 10.8. The number of fused-ring (bicyclic) bond motifs is 2. The molecule has 0 fully saturated rings. The van der Waals surface area contributed by atoms with Gasteiger partial charge in [0.15, 0.2) is 6.61 Å². The lowest BCUT2D eigenvalue weighted by Crippen LogP contribution is -2.34. The minimum atomic E-state index is -3.69. The molecular weight excluding hydrogens is 408 g/mol. The number of hydrogen-bond acceptors (Lipinski definition) is 6. The first-order chi connectivity index (χ1) is 14.2. The highest BCUT2D eigenvalue weighted by Crippen LogP contribution is 2.31. The number of nitrogens with one attached hydrogen (secondary N) is 3. The largest absolute Gasteiger partial charge is 0.482 e. The third-order valence-electron chi connectivity index (χ3n) is 4.71. The minimum Gasteiger partial charge on any atom is -0.482 e. The number of ether oxygens (including phenoxy) is 1. The molecule has 2 heterocycles. The number of amides is 2. The second kappa shape index (κ2) is 7.45. The molecule has 0 unspecified atom stereocenters. The summed E-state index contributed by atoms with van der Waals surface area (Å²) in [6.45, 7) is 3.60. The Balaban J connectivity index is 1.60. The molecule has 0 radical (unpaired) electrons. The average molecular weight is 428 g/mol. The molecule has 10 heteroatoms. The van der Waals surface area contributed by atoms with Crippen molar-refractivity contribution in [1.82, 2.24) is 4.72 Å². The van der Waals surface area contributed by atoms with Crippen molar-refractivity contribution in [2.45, 2.75) is 24.8 Å². The van der Waals surface area contributed by atoms with Gasteiger partial charge in [-0.1, -0.05) is 26.0 Å². The van der Waals surface area contributed by atoms with E-state index in [0.29, 0.717) is 22.7 Å². The first kappa shape index (κ1) is 19.9. The lowest BCUT2D eigenvalue weighted by Gasteiger charge is -2.20. The van der Waals surface area contributed by atoms with Gasteiger partial charge in [0.1, 0.15) is 17.6 Å².